The maximum atomic E-state index is 12.6. The highest BCUT2D eigenvalue weighted by Gasteiger charge is 2.38. The zero-order chi connectivity index (χ0) is 16.6. The average molecular weight is 329 g/mol. The molecule has 0 saturated heterocycles. The first-order valence-electron chi connectivity index (χ1n) is 7.36. The number of halogens is 1. The monoisotopic (exact) mass is 328 g/mol. The molecule has 0 radical (unpaired) electrons. The van der Waals surface area contributed by atoms with Crippen LogP contribution in [0.4, 0.5) is 5.69 Å². The summed E-state index contributed by atoms with van der Waals surface area (Å²) < 4.78 is 0. The van der Waals surface area contributed by atoms with Crippen molar-refractivity contribution in [1.29, 1.82) is 0 Å². The molecule has 0 spiro atoms. The third-order valence-corrected chi connectivity index (χ3v) is 4.28. The minimum absolute atomic E-state index is 0.243. The standard InChI is InChI=1S/C18H17ClN2O2/c1-11-3-5-12(6-4-11)10-18(2)17(23)20-15-8-7-13(19)9-14(15)16(22)21-18/h3-9H,10H2,1-2H3,(H,20,23)(H,21,22)/t18-/m0/s1. The van der Waals surface area contributed by atoms with E-state index >= 15 is 0 Å². The lowest BCUT2D eigenvalue weighted by Crippen LogP contribution is -2.54. The van der Waals surface area contributed by atoms with Crippen molar-refractivity contribution < 1.29 is 9.59 Å². The van der Waals surface area contributed by atoms with Crippen molar-refractivity contribution in [3.63, 3.8) is 0 Å². The van der Waals surface area contributed by atoms with Crippen LogP contribution in [0.15, 0.2) is 42.5 Å². The summed E-state index contributed by atoms with van der Waals surface area (Å²) in [6, 6.07) is 12.8. The van der Waals surface area contributed by atoms with Crippen LogP contribution in [-0.2, 0) is 11.2 Å². The lowest BCUT2D eigenvalue weighted by Gasteiger charge is -2.27. The zero-order valence-electron chi connectivity index (χ0n) is 12.9. The van der Waals surface area contributed by atoms with Crippen molar-refractivity contribution in [2.45, 2.75) is 25.8 Å². The number of carbonyl (C=O) groups excluding carboxylic acids is 2. The maximum absolute atomic E-state index is 12.6. The van der Waals surface area contributed by atoms with Crippen molar-refractivity contribution in [1.82, 2.24) is 5.32 Å². The molecule has 1 atom stereocenters. The van der Waals surface area contributed by atoms with Crippen molar-refractivity contribution in [2.24, 2.45) is 0 Å². The predicted octanol–water partition coefficient (Wildman–Crippen LogP) is 3.33. The van der Waals surface area contributed by atoms with E-state index in [2.05, 4.69) is 10.6 Å². The molecule has 0 saturated carbocycles. The largest absolute Gasteiger partial charge is 0.337 e. The lowest BCUT2D eigenvalue weighted by molar-refractivity contribution is -0.121. The SMILES string of the molecule is Cc1ccc(C[C@]2(C)NC(=O)c3cc(Cl)ccc3NC2=O)cc1. The Morgan fingerprint density at radius 3 is 2.48 bits per heavy atom. The van der Waals surface area contributed by atoms with Crippen LogP contribution in [0, 0.1) is 6.92 Å². The van der Waals surface area contributed by atoms with Crippen LogP contribution in [0.1, 0.15) is 28.4 Å². The second-order valence-corrected chi connectivity index (χ2v) is 6.53. The van der Waals surface area contributed by atoms with Gasteiger partial charge >= 0.3 is 0 Å². The van der Waals surface area contributed by atoms with Gasteiger partial charge in [0.05, 0.1) is 11.3 Å². The fourth-order valence-electron chi connectivity index (χ4n) is 2.69. The first-order valence-corrected chi connectivity index (χ1v) is 7.74. The quantitative estimate of drug-likeness (QED) is 0.888. The van der Waals surface area contributed by atoms with Crippen molar-refractivity contribution in [2.75, 3.05) is 5.32 Å². The molecule has 1 aliphatic rings. The second-order valence-electron chi connectivity index (χ2n) is 6.09. The summed E-state index contributed by atoms with van der Waals surface area (Å²) in [7, 11) is 0. The number of fused-ring (bicyclic) bond motifs is 1. The van der Waals surface area contributed by atoms with Gasteiger partial charge in [-0.3, -0.25) is 9.59 Å². The summed E-state index contributed by atoms with van der Waals surface area (Å²) in [4.78, 5) is 25.1. The molecule has 5 heteroatoms. The Kier molecular flexibility index (Phi) is 3.86. The van der Waals surface area contributed by atoms with Crippen LogP contribution < -0.4 is 10.6 Å². The molecule has 0 bridgehead atoms. The van der Waals surface area contributed by atoms with E-state index < -0.39 is 5.54 Å². The smallest absolute Gasteiger partial charge is 0.254 e. The van der Waals surface area contributed by atoms with Crippen LogP contribution in [0.5, 0.6) is 0 Å². The Hall–Kier alpha value is -2.33. The third kappa shape index (κ3) is 3.08. The Morgan fingerprint density at radius 1 is 1.09 bits per heavy atom. The summed E-state index contributed by atoms with van der Waals surface area (Å²) in [5, 5.41) is 6.12. The highest BCUT2D eigenvalue weighted by atomic mass is 35.5. The van der Waals surface area contributed by atoms with Gasteiger partial charge in [-0.1, -0.05) is 41.4 Å². The molecule has 0 unspecified atom stereocenters. The van der Waals surface area contributed by atoms with Crippen LogP contribution >= 0.6 is 11.6 Å². The van der Waals surface area contributed by atoms with E-state index in [0.29, 0.717) is 22.7 Å². The Morgan fingerprint density at radius 2 is 1.78 bits per heavy atom. The molecule has 3 rings (SSSR count). The van der Waals surface area contributed by atoms with Gasteiger partial charge in [0.1, 0.15) is 5.54 Å². The van der Waals surface area contributed by atoms with E-state index in [1.54, 1.807) is 25.1 Å². The fourth-order valence-corrected chi connectivity index (χ4v) is 2.86. The van der Waals surface area contributed by atoms with Gasteiger partial charge in [0, 0.05) is 11.4 Å². The molecule has 23 heavy (non-hydrogen) atoms. The van der Waals surface area contributed by atoms with Gasteiger partial charge in [-0.15, -0.1) is 0 Å². The highest BCUT2D eigenvalue weighted by Crippen LogP contribution is 2.27. The van der Waals surface area contributed by atoms with Crippen LogP contribution in [0.25, 0.3) is 0 Å². The Labute approximate surface area is 139 Å². The molecule has 0 fully saturated rings. The summed E-state index contributed by atoms with van der Waals surface area (Å²) in [6.07, 6.45) is 0.409. The molecular formula is C18H17ClN2O2. The molecule has 4 nitrogen and oxygen atoms in total. The van der Waals surface area contributed by atoms with Crippen LogP contribution in [0.2, 0.25) is 5.02 Å². The Bertz CT molecular complexity index is 786. The number of hydrogen-bond donors (Lipinski definition) is 2. The number of carbonyl (C=O) groups is 2. The summed E-state index contributed by atoms with van der Waals surface area (Å²) in [6.45, 7) is 3.74. The van der Waals surface area contributed by atoms with E-state index in [4.69, 9.17) is 11.6 Å². The van der Waals surface area contributed by atoms with Crippen molar-refractivity contribution >= 4 is 29.1 Å². The normalized spacial score (nSPS) is 20.3. The van der Waals surface area contributed by atoms with Gasteiger partial charge in [-0.2, -0.15) is 0 Å². The summed E-state index contributed by atoms with van der Waals surface area (Å²) in [5.74, 6) is -0.553. The zero-order valence-corrected chi connectivity index (χ0v) is 13.7. The summed E-state index contributed by atoms with van der Waals surface area (Å²) >= 11 is 5.95. The average Bonchev–Trinajstić information content (AvgIpc) is 2.59. The van der Waals surface area contributed by atoms with E-state index in [-0.39, 0.29) is 11.8 Å². The molecular weight excluding hydrogens is 312 g/mol. The van der Waals surface area contributed by atoms with Crippen LogP contribution in [-0.4, -0.2) is 17.4 Å². The molecule has 2 aromatic rings. The topological polar surface area (TPSA) is 58.2 Å². The minimum atomic E-state index is -1.03. The first-order chi connectivity index (χ1) is 10.9. The molecule has 118 valence electrons. The molecule has 2 amide bonds. The minimum Gasteiger partial charge on any atom is -0.337 e. The van der Waals surface area contributed by atoms with Gasteiger partial charge < -0.3 is 10.6 Å². The maximum Gasteiger partial charge on any atom is 0.254 e. The number of benzene rings is 2. The number of aryl methyl sites for hydroxylation is 1. The van der Waals surface area contributed by atoms with E-state index in [1.165, 1.54) is 0 Å². The molecule has 2 N–H and O–H groups in total. The summed E-state index contributed by atoms with van der Waals surface area (Å²) in [5.41, 5.74) is 1.95. The van der Waals surface area contributed by atoms with Gasteiger partial charge in [-0.05, 0) is 37.6 Å². The van der Waals surface area contributed by atoms with Crippen molar-refractivity contribution in [3.05, 3.63) is 64.2 Å². The highest BCUT2D eigenvalue weighted by molar-refractivity contribution is 6.31. The van der Waals surface area contributed by atoms with E-state index in [0.717, 1.165) is 11.1 Å². The number of anilines is 1. The fraction of sp³-hybridized carbons (Fsp3) is 0.222. The molecule has 0 aromatic heterocycles. The van der Waals surface area contributed by atoms with Crippen LogP contribution in [0.3, 0.4) is 0 Å². The van der Waals surface area contributed by atoms with Gasteiger partial charge in [0.2, 0.25) is 5.91 Å². The molecule has 1 aliphatic heterocycles. The van der Waals surface area contributed by atoms with Gasteiger partial charge in [-0.25, -0.2) is 0 Å². The molecule has 2 aromatic carbocycles. The lowest BCUT2D eigenvalue weighted by atomic mass is 9.91. The molecule has 0 aliphatic carbocycles. The van der Waals surface area contributed by atoms with Gasteiger partial charge in [0.25, 0.3) is 5.91 Å². The third-order valence-electron chi connectivity index (χ3n) is 4.04. The van der Waals surface area contributed by atoms with Crippen molar-refractivity contribution in [3.8, 4) is 0 Å². The van der Waals surface area contributed by atoms with Gasteiger partial charge in [0.15, 0.2) is 0 Å². The number of amides is 2. The van der Waals surface area contributed by atoms with E-state index in [1.807, 2.05) is 31.2 Å². The Balaban J connectivity index is 1.93. The number of nitrogens with one attached hydrogen (secondary N) is 2. The number of rotatable bonds is 2. The number of hydrogen-bond acceptors (Lipinski definition) is 2. The predicted molar refractivity (Wildman–Crippen MR) is 90.8 cm³/mol. The second kappa shape index (κ2) is 5.70. The molecule has 1 heterocycles. The van der Waals surface area contributed by atoms with E-state index in [9.17, 15) is 9.59 Å². The first kappa shape index (κ1) is 15.6.